The van der Waals surface area contributed by atoms with Crippen molar-refractivity contribution in [3.63, 3.8) is 0 Å². The molecule has 5 heteroatoms. The van der Waals surface area contributed by atoms with Crippen LogP contribution < -0.4 is 4.72 Å². The van der Waals surface area contributed by atoms with Crippen LogP contribution in [-0.4, -0.2) is 22.9 Å². The SMILES string of the molecule is O=C(S)C1(NS)CC2OC2C1. The number of hydrogen-bond donors (Lipinski definition) is 3. The van der Waals surface area contributed by atoms with Crippen molar-refractivity contribution in [1.29, 1.82) is 0 Å². The number of epoxide rings is 1. The van der Waals surface area contributed by atoms with E-state index in [-0.39, 0.29) is 17.3 Å². The maximum Gasteiger partial charge on any atom is 0.206 e. The number of carbonyl (C=O) groups excluding carboxylic acids is 1. The van der Waals surface area contributed by atoms with Crippen molar-refractivity contribution in [1.82, 2.24) is 4.72 Å². The molecular weight excluding hydrogens is 182 g/mol. The molecule has 3 nitrogen and oxygen atoms in total. The molecule has 62 valence electrons. The second-order valence-electron chi connectivity index (χ2n) is 3.12. The molecule has 1 saturated heterocycles. The summed E-state index contributed by atoms with van der Waals surface area (Å²) >= 11 is 7.74. The summed E-state index contributed by atoms with van der Waals surface area (Å²) in [6.07, 6.45) is 1.96. The third-order valence-electron chi connectivity index (χ3n) is 2.41. The highest BCUT2D eigenvalue weighted by Crippen LogP contribution is 2.45. The van der Waals surface area contributed by atoms with E-state index in [1.165, 1.54) is 0 Å². The lowest BCUT2D eigenvalue weighted by molar-refractivity contribution is -0.116. The van der Waals surface area contributed by atoms with Gasteiger partial charge >= 0.3 is 0 Å². The summed E-state index contributed by atoms with van der Waals surface area (Å²) in [6, 6.07) is 0. The summed E-state index contributed by atoms with van der Waals surface area (Å²) in [5.41, 5.74) is -0.528. The lowest BCUT2D eigenvalue weighted by Crippen LogP contribution is -2.45. The highest BCUT2D eigenvalue weighted by atomic mass is 32.1. The van der Waals surface area contributed by atoms with Crippen LogP contribution in [0.3, 0.4) is 0 Å². The van der Waals surface area contributed by atoms with Gasteiger partial charge in [0.05, 0.1) is 12.2 Å². The Balaban J connectivity index is 2.13. The first-order chi connectivity index (χ1) is 5.18. The lowest BCUT2D eigenvalue weighted by Gasteiger charge is -2.24. The average molecular weight is 191 g/mol. The van der Waals surface area contributed by atoms with E-state index >= 15 is 0 Å². The van der Waals surface area contributed by atoms with Crippen molar-refractivity contribution in [2.75, 3.05) is 0 Å². The molecule has 1 N–H and O–H groups in total. The summed E-state index contributed by atoms with van der Waals surface area (Å²) in [4.78, 5) is 11.1. The standard InChI is InChI=1S/C6H9NO2S2/c8-5(10)6(7-11)1-3-4(2-6)9-3/h3-4,7,11H,1-2H2,(H,8,10). The first kappa shape index (κ1) is 7.91. The molecule has 1 saturated carbocycles. The van der Waals surface area contributed by atoms with Crippen LogP contribution in [0.25, 0.3) is 0 Å². The molecule has 2 unspecified atom stereocenters. The Morgan fingerprint density at radius 3 is 2.36 bits per heavy atom. The van der Waals surface area contributed by atoms with Gasteiger partial charge in [-0.3, -0.25) is 9.52 Å². The van der Waals surface area contributed by atoms with Crippen LogP contribution in [0.5, 0.6) is 0 Å². The largest absolute Gasteiger partial charge is 0.369 e. The number of hydrogen-bond acceptors (Lipinski definition) is 4. The molecule has 2 atom stereocenters. The highest BCUT2D eigenvalue weighted by molar-refractivity contribution is 7.97. The van der Waals surface area contributed by atoms with Crippen molar-refractivity contribution in [3.05, 3.63) is 0 Å². The highest BCUT2D eigenvalue weighted by Gasteiger charge is 2.58. The number of rotatable bonds is 2. The minimum atomic E-state index is -0.528. The van der Waals surface area contributed by atoms with Gasteiger partial charge in [0.2, 0.25) is 5.12 Å². The van der Waals surface area contributed by atoms with Crippen LogP contribution in [0.2, 0.25) is 0 Å². The molecule has 1 heterocycles. The quantitative estimate of drug-likeness (QED) is 0.431. The van der Waals surface area contributed by atoms with Gasteiger partial charge in [0.1, 0.15) is 5.54 Å². The molecule has 2 fully saturated rings. The van der Waals surface area contributed by atoms with E-state index in [9.17, 15) is 4.79 Å². The van der Waals surface area contributed by atoms with E-state index in [0.717, 1.165) is 0 Å². The van der Waals surface area contributed by atoms with Crippen LogP contribution in [0, 0.1) is 0 Å². The molecule has 0 aromatic rings. The van der Waals surface area contributed by atoms with Crippen molar-refractivity contribution >= 4 is 30.6 Å². The third-order valence-corrected chi connectivity index (χ3v) is 3.27. The van der Waals surface area contributed by atoms with Gasteiger partial charge in [0.15, 0.2) is 0 Å². The molecule has 2 rings (SSSR count). The van der Waals surface area contributed by atoms with Crippen molar-refractivity contribution < 1.29 is 9.53 Å². The predicted octanol–water partition coefficient (Wildman–Crippen LogP) is 0.177. The Morgan fingerprint density at radius 2 is 2.09 bits per heavy atom. The Hall–Kier alpha value is 0.290. The maximum absolute atomic E-state index is 11.1. The second-order valence-corrected chi connectivity index (χ2v) is 3.75. The fraction of sp³-hybridized carbons (Fsp3) is 0.833. The van der Waals surface area contributed by atoms with Crippen molar-refractivity contribution in [2.45, 2.75) is 30.6 Å². The van der Waals surface area contributed by atoms with E-state index in [4.69, 9.17) is 4.74 Å². The van der Waals surface area contributed by atoms with Gasteiger partial charge in [-0.1, -0.05) is 12.8 Å². The number of thiol groups is 2. The monoisotopic (exact) mass is 191 g/mol. The fourth-order valence-corrected chi connectivity index (χ4v) is 2.23. The number of nitrogens with one attached hydrogen (secondary N) is 1. The topological polar surface area (TPSA) is 41.6 Å². The lowest BCUT2D eigenvalue weighted by atomic mass is 10.0. The summed E-state index contributed by atoms with van der Waals surface area (Å²) in [7, 11) is 0. The Bertz CT molecular complexity index is 199. The Labute approximate surface area is 75.8 Å². The van der Waals surface area contributed by atoms with Gasteiger partial charge in [0.25, 0.3) is 0 Å². The average Bonchev–Trinajstić information content (AvgIpc) is 2.59. The first-order valence-corrected chi connectivity index (χ1v) is 4.37. The molecule has 0 aromatic heterocycles. The van der Waals surface area contributed by atoms with Crippen molar-refractivity contribution in [3.8, 4) is 0 Å². The van der Waals surface area contributed by atoms with Crippen LogP contribution in [0.1, 0.15) is 12.8 Å². The number of carbonyl (C=O) groups is 1. The van der Waals surface area contributed by atoms with Gasteiger partial charge in [-0.05, 0) is 0 Å². The summed E-state index contributed by atoms with van der Waals surface area (Å²) in [6.45, 7) is 0. The van der Waals surface area contributed by atoms with E-state index in [1.54, 1.807) is 0 Å². The first-order valence-electron chi connectivity index (χ1n) is 3.48. The molecule has 0 radical (unpaired) electrons. The van der Waals surface area contributed by atoms with E-state index < -0.39 is 5.54 Å². The molecule has 11 heavy (non-hydrogen) atoms. The Kier molecular flexibility index (Phi) is 1.72. The zero-order valence-electron chi connectivity index (χ0n) is 5.78. The van der Waals surface area contributed by atoms with Gasteiger partial charge in [-0.15, -0.1) is 12.6 Å². The molecule has 0 bridgehead atoms. The van der Waals surface area contributed by atoms with Crippen LogP contribution >= 0.6 is 25.4 Å². The normalized spacial score (nSPS) is 47.1. The predicted molar refractivity (Wildman–Crippen MR) is 46.7 cm³/mol. The smallest absolute Gasteiger partial charge is 0.206 e. The van der Waals surface area contributed by atoms with E-state index in [1.807, 2.05) is 0 Å². The van der Waals surface area contributed by atoms with Crippen LogP contribution in [0.15, 0.2) is 0 Å². The molecule has 1 aliphatic heterocycles. The van der Waals surface area contributed by atoms with Crippen LogP contribution in [0.4, 0.5) is 0 Å². The number of ether oxygens (including phenoxy) is 1. The minimum Gasteiger partial charge on any atom is -0.369 e. The molecule has 0 aromatic carbocycles. The van der Waals surface area contributed by atoms with Crippen molar-refractivity contribution in [2.24, 2.45) is 0 Å². The van der Waals surface area contributed by atoms with E-state index in [0.29, 0.717) is 12.8 Å². The van der Waals surface area contributed by atoms with Gasteiger partial charge < -0.3 is 4.74 Å². The number of fused-ring (bicyclic) bond motifs is 1. The zero-order chi connectivity index (χ0) is 8.06. The van der Waals surface area contributed by atoms with Gasteiger partial charge in [-0.2, -0.15) is 0 Å². The molecule has 0 amide bonds. The Morgan fingerprint density at radius 1 is 1.55 bits per heavy atom. The molecular formula is C6H9NO2S2. The molecule has 1 aliphatic carbocycles. The zero-order valence-corrected chi connectivity index (χ0v) is 7.57. The second kappa shape index (κ2) is 2.39. The molecule has 2 aliphatic rings. The third kappa shape index (κ3) is 1.11. The van der Waals surface area contributed by atoms with E-state index in [2.05, 4.69) is 30.2 Å². The van der Waals surface area contributed by atoms with Crippen LogP contribution in [-0.2, 0) is 9.53 Å². The molecule has 0 spiro atoms. The van der Waals surface area contributed by atoms with Gasteiger partial charge in [-0.25, -0.2) is 0 Å². The summed E-state index contributed by atoms with van der Waals surface area (Å²) in [5.74, 6) is 0. The minimum absolute atomic E-state index is 0.136. The summed E-state index contributed by atoms with van der Waals surface area (Å²) < 4.78 is 7.93. The maximum atomic E-state index is 11.1. The van der Waals surface area contributed by atoms with Gasteiger partial charge in [0, 0.05) is 12.8 Å². The summed E-state index contributed by atoms with van der Waals surface area (Å²) in [5, 5.41) is -0.136. The fourth-order valence-electron chi connectivity index (χ4n) is 1.62.